The zero-order chi connectivity index (χ0) is 16.3. The molecule has 2 heterocycles. The number of rotatable bonds is 4. The minimum absolute atomic E-state index is 0.0185. The molecule has 0 amide bonds. The van der Waals surface area contributed by atoms with E-state index in [2.05, 4.69) is 10.2 Å². The van der Waals surface area contributed by atoms with Crippen LogP contribution in [0, 0.1) is 16.0 Å². The zero-order valence-corrected chi connectivity index (χ0v) is 11.8. The number of aromatic nitrogens is 2. The number of ether oxygens (including phenoxy) is 1. The standard InChI is InChI=1S/C12H15FN4O5/c1-2-22-12(19)7-3-4-16(6-8(13)10(7)18)11-9(17(20)21)5-14-15-11/h5,7-8H,2-4,6H2,1H3,(H,14,15). The van der Waals surface area contributed by atoms with Crippen molar-refractivity contribution < 1.29 is 23.6 Å². The number of esters is 1. The third-order valence-corrected chi connectivity index (χ3v) is 3.40. The summed E-state index contributed by atoms with van der Waals surface area (Å²) in [6.07, 6.45) is -0.897. The van der Waals surface area contributed by atoms with Gasteiger partial charge in [0.2, 0.25) is 5.82 Å². The van der Waals surface area contributed by atoms with Crippen LogP contribution in [-0.2, 0) is 14.3 Å². The van der Waals surface area contributed by atoms with Crippen molar-refractivity contribution in [2.45, 2.75) is 19.5 Å². The molecule has 1 aliphatic heterocycles. The number of hydrogen-bond donors (Lipinski definition) is 1. The first kappa shape index (κ1) is 15.9. The van der Waals surface area contributed by atoms with Crippen LogP contribution in [0.25, 0.3) is 0 Å². The third kappa shape index (κ3) is 3.05. The normalized spacial score (nSPS) is 22.3. The lowest BCUT2D eigenvalue weighted by atomic mass is 9.98. The molecule has 0 radical (unpaired) electrons. The van der Waals surface area contributed by atoms with Crippen LogP contribution in [0.4, 0.5) is 15.9 Å². The van der Waals surface area contributed by atoms with Crippen LogP contribution in [-0.4, -0.2) is 52.7 Å². The molecule has 1 aromatic rings. The number of halogens is 1. The second-order valence-electron chi connectivity index (χ2n) is 4.77. The van der Waals surface area contributed by atoms with E-state index in [0.717, 1.165) is 6.20 Å². The molecule has 120 valence electrons. The Balaban J connectivity index is 2.21. The second kappa shape index (κ2) is 6.50. The average molecular weight is 314 g/mol. The van der Waals surface area contributed by atoms with Gasteiger partial charge in [0.15, 0.2) is 12.0 Å². The van der Waals surface area contributed by atoms with E-state index >= 15 is 0 Å². The lowest BCUT2D eigenvalue weighted by molar-refractivity contribution is -0.384. The second-order valence-corrected chi connectivity index (χ2v) is 4.77. The van der Waals surface area contributed by atoms with Gasteiger partial charge in [-0.15, -0.1) is 0 Å². The largest absolute Gasteiger partial charge is 0.465 e. The molecule has 0 saturated carbocycles. The Kier molecular flexibility index (Phi) is 4.68. The number of Topliss-reactive ketones (excluding diaryl/α,β-unsaturated/α-hetero) is 1. The van der Waals surface area contributed by atoms with Crippen molar-refractivity contribution in [2.24, 2.45) is 5.92 Å². The summed E-state index contributed by atoms with van der Waals surface area (Å²) in [7, 11) is 0. The van der Waals surface area contributed by atoms with Crippen LogP contribution in [0.1, 0.15) is 13.3 Å². The first-order valence-electron chi connectivity index (χ1n) is 6.72. The number of carbonyl (C=O) groups excluding carboxylic acids is 2. The highest BCUT2D eigenvalue weighted by Gasteiger charge is 2.39. The molecule has 2 unspecified atom stereocenters. The van der Waals surface area contributed by atoms with E-state index in [-0.39, 0.29) is 37.6 Å². The van der Waals surface area contributed by atoms with E-state index in [1.54, 1.807) is 6.92 Å². The van der Waals surface area contributed by atoms with Crippen LogP contribution < -0.4 is 4.90 Å². The summed E-state index contributed by atoms with van der Waals surface area (Å²) in [5.74, 6) is -2.80. The van der Waals surface area contributed by atoms with Gasteiger partial charge in [0.05, 0.1) is 18.1 Å². The minimum atomic E-state index is -1.93. The predicted octanol–water partition coefficient (Wildman–Crippen LogP) is 0.614. The molecule has 0 spiro atoms. The molecule has 2 atom stereocenters. The van der Waals surface area contributed by atoms with Gasteiger partial charge in [-0.05, 0) is 13.3 Å². The molecule has 0 aromatic carbocycles. The van der Waals surface area contributed by atoms with Gasteiger partial charge in [0, 0.05) is 6.54 Å². The number of aromatic amines is 1. The number of hydrogen-bond acceptors (Lipinski definition) is 7. The van der Waals surface area contributed by atoms with Gasteiger partial charge < -0.3 is 9.64 Å². The molecule has 0 bridgehead atoms. The van der Waals surface area contributed by atoms with Crippen molar-refractivity contribution in [3.63, 3.8) is 0 Å². The molecule has 9 nitrogen and oxygen atoms in total. The van der Waals surface area contributed by atoms with Crippen LogP contribution in [0.2, 0.25) is 0 Å². The van der Waals surface area contributed by atoms with Crippen molar-refractivity contribution >= 4 is 23.3 Å². The van der Waals surface area contributed by atoms with Gasteiger partial charge in [-0.3, -0.25) is 24.8 Å². The predicted molar refractivity (Wildman–Crippen MR) is 72.1 cm³/mol. The summed E-state index contributed by atoms with van der Waals surface area (Å²) < 4.78 is 18.8. The van der Waals surface area contributed by atoms with E-state index in [4.69, 9.17) is 4.74 Å². The smallest absolute Gasteiger partial charge is 0.330 e. The first-order chi connectivity index (χ1) is 10.5. The fourth-order valence-electron chi connectivity index (χ4n) is 2.34. The maximum Gasteiger partial charge on any atom is 0.330 e. The van der Waals surface area contributed by atoms with Gasteiger partial charge in [0.25, 0.3) is 0 Å². The summed E-state index contributed by atoms with van der Waals surface area (Å²) in [6, 6.07) is 0. The number of nitro groups is 1. The van der Waals surface area contributed by atoms with Crippen molar-refractivity contribution in [1.29, 1.82) is 0 Å². The Hall–Kier alpha value is -2.52. The number of alkyl halides is 1. The fraction of sp³-hybridized carbons (Fsp3) is 0.583. The number of anilines is 1. The van der Waals surface area contributed by atoms with Crippen LogP contribution >= 0.6 is 0 Å². The van der Waals surface area contributed by atoms with Gasteiger partial charge in [-0.1, -0.05) is 0 Å². The van der Waals surface area contributed by atoms with Crippen molar-refractivity contribution in [2.75, 3.05) is 24.6 Å². The number of carbonyl (C=O) groups is 2. The Morgan fingerprint density at radius 1 is 1.68 bits per heavy atom. The van der Waals surface area contributed by atoms with E-state index in [9.17, 15) is 24.1 Å². The summed E-state index contributed by atoms with van der Waals surface area (Å²) in [4.78, 5) is 35.2. The van der Waals surface area contributed by atoms with Crippen molar-refractivity contribution in [3.8, 4) is 0 Å². The zero-order valence-electron chi connectivity index (χ0n) is 11.8. The highest BCUT2D eigenvalue weighted by Crippen LogP contribution is 2.28. The number of nitrogens with one attached hydrogen (secondary N) is 1. The SMILES string of the molecule is CCOC(=O)C1CCN(c2[nH]ncc2[N+](=O)[O-])CC(F)C1=O. The molecular weight excluding hydrogens is 299 g/mol. The van der Waals surface area contributed by atoms with E-state index in [1.165, 1.54) is 4.90 Å². The molecule has 2 rings (SSSR count). The Labute approximate surface area is 124 Å². The maximum atomic E-state index is 14.1. The topological polar surface area (TPSA) is 118 Å². The summed E-state index contributed by atoms with van der Waals surface area (Å²) in [5.41, 5.74) is -0.311. The molecule has 0 aliphatic carbocycles. The molecule has 22 heavy (non-hydrogen) atoms. The minimum Gasteiger partial charge on any atom is -0.465 e. The quantitative estimate of drug-likeness (QED) is 0.374. The molecule has 1 aliphatic rings. The van der Waals surface area contributed by atoms with E-state index < -0.39 is 28.8 Å². The number of H-pyrrole nitrogens is 1. The van der Waals surface area contributed by atoms with Crippen LogP contribution in [0.15, 0.2) is 6.20 Å². The van der Waals surface area contributed by atoms with Crippen molar-refractivity contribution in [1.82, 2.24) is 10.2 Å². The number of ketones is 1. The van der Waals surface area contributed by atoms with Gasteiger partial charge in [0.1, 0.15) is 12.1 Å². The van der Waals surface area contributed by atoms with Crippen LogP contribution in [0.5, 0.6) is 0 Å². The van der Waals surface area contributed by atoms with Gasteiger partial charge >= 0.3 is 11.7 Å². The van der Waals surface area contributed by atoms with E-state index in [1.807, 2.05) is 0 Å². The monoisotopic (exact) mass is 314 g/mol. The molecule has 10 heteroatoms. The molecule has 1 N–H and O–H groups in total. The fourth-order valence-corrected chi connectivity index (χ4v) is 2.34. The summed E-state index contributed by atoms with van der Waals surface area (Å²) in [6.45, 7) is 1.40. The van der Waals surface area contributed by atoms with Gasteiger partial charge in [-0.25, -0.2) is 4.39 Å². The first-order valence-corrected chi connectivity index (χ1v) is 6.72. The average Bonchev–Trinajstić information content (AvgIpc) is 2.90. The Morgan fingerprint density at radius 3 is 3.05 bits per heavy atom. The number of nitrogens with zero attached hydrogens (tertiary/aromatic N) is 3. The Bertz CT molecular complexity index is 590. The van der Waals surface area contributed by atoms with Crippen LogP contribution in [0.3, 0.4) is 0 Å². The molecular formula is C12H15FN4O5. The summed E-state index contributed by atoms with van der Waals surface area (Å²) in [5, 5.41) is 16.9. The summed E-state index contributed by atoms with van der Waals surface area (Å²) >= 11 is 0. The Morgan fingerprint density at radius 2 is 2.41 bits per heavy atom. The van der Waals surface area contributed by atoms with Gasteiger partial charge in [-0.2, -0.15) is 5.10 Å². The highest BCUT2D eigenvalue weighted by atomic mass is 19.1. The third-order valence-electron chi connectivity index (χ3n) is 3.40. The maximum absolute atomic E-state index is 14.1. The van der Waals surface area contributed by atoms with E-state index in [0.29, 0.717) is 0 Å². The molecule has 1 saturated heterocycles. The lowest BCUT2D eigenvalue weighted by Crippen LogP contribution is -2.34. The lowest BCUT2D eigenvalue weighted by Gasteiger charge is -2.20. The molecule has 1 fully saturated rings. The van der Waals surface area contributed by atoms with Crippen molar-refractivity contribution in [3.05, 3.63) is 16.3 Å². The molecule has 1 aromatic heterocycles. The highest BCUT2D eigenvalue weighted by molar-refractivity contribution is 6.01.